The largest absolute Gasteiger partial charge is 0.479 e. The number of hydrogen-bond donors (Lipinski definition) is 17. The number of benzene rings is 3. The van der Waals surface area contributed by atoms with Crippen molar-refractivity contribution in [1.29, 1.82) is 0 Å². The lowest BCUT2D eigenvalue weighted by Crippen LogP contribution is -2.52. The molecule has 466 valence electrons. The van der Waals surface area contributed by atoms with Gasteiger partial charge in [-0.2, -0.15) is 5.06 Å². The molecule has 0 fully saturated rings. The fourth-order valence-corrected chi connectivity index (χ4v) is 6.18. The number of anilines is 3. The minimum Gasteiger partial charge on any atom is -0.479 e. The van der Waals surface area contributed by atoms with E-state index in [-0.39, 0.29) is 71.8 Å². The number of carboxylic acids is 4. The minimum absolute atomic E-state index is 0. The fraction of sp³-hybridized carbons (Fsp3) is 0.455. The van der Waals surface area contributed by atoms with Gasteiger partial charge in [0.05, 0.1) is 72.1 Å². The first-order valence-corrected chi connectivity index (χ1v) is 23.1. The van der Waals surface area contributed by atoms with Gasteiger partial charge >= 0.3 is 35.7 Å². The van der Waals surface area contributed by atoms with Crippen LogP contribution in [0.15, 0.2) is 36.4 Å². The highest BCUT2D eigenvalue weighted by Gasteiger charge is 2.38. The summed E-state index contributed by atoms with van der Waals surface area (Å²) in [6.45, 7) is 17.7. The van der Waals surface area contributed by atoms with Crippen LogP contribution in [0.5, 0.6) is 0 Å². The molecule has 5 atom stereocenters. The molecule has 3 aromatic rings. The van der Waals surface area contributed by atoms with Crippen LogP contribution in [0.25, 0.3) is 0 Å². The number of aliphatic carboxylic acids is 4. The van der Waals surface area contributed by atoms with Gasteiger partial charge in [-0.15, -0.1) is 0 Å². The Morgan fingerprint density at radius 1 is 0.519 bits per heavy atom. The molecular weight excluding hydrogens is 1190 g/mol. The predicted molar refractivity (Wildman–Crippen MR) is 310 cm³/mol. The number of carboxylic acid groups (broad SMARTS) is 4. The highest BCUT2D eigenvalue weighted by Crippen LogP contribution is 2.34. The van der Waals surface area contributed by atoms with E-state index < -0.39 is 71.8 Å². The van der Waals surface area contributed by atoms with Crippen molar-refractivity contribution < 1.29 is 101 Å². The van der Waals surface area contributed by atoms with Gasteiger partial charge in [-0.1, -0.05) is 69.6 Å². The molecule has 0 bridgehead atoms. The lowest BCUT2D eigenvalue weighted by molar-refractivity contribution is -0.267. The second-order valence-electron chi connectivity index (χ2n) is 18.2. The molecule has 3 rings (SSSR count). The number of hydroxylamine groups is 2. The SMILES string of the molecule is CC(C)(C)N(CC(O)c1cc(Cl)c(N)c(Cl)c1)OC(C(=O)O)C(O)C(=O)O.CC(C)(C)NCC(O)c1cc(Cl)c(N)c(Cl)c1.CC(C)(C)NC[C@H](O)c1cc(Cl)c(N)c(Cl)c1.N.N.NC(=O)C(=O)O.NC(=O)C(=O)O.O.O.O.O.[HH].[HH].[HH]. The molecule has 4 unspecified atom stereocenters. The van der Waals surface area contributed by atoms with Crippen molar-refractivity contribution in [3.8, 4) is 0 Å². The summed E-state index contributed by atoms with van der Waals surface area (Å²) in [5, 5.41) is 82.3. The lowest BCUT2D eigenvalue weighted by atomic mass is 10.0. The van der Waals surface area contributed by atoms with Gasteiger partial charge in [-0.25, -0.2) is 19.2 Å². The number of halogens is 6. The average molecular weight is 1270 g/mol. The molecule has 0 aliphatic rings. The molecule has 0 aromatic heterocycles. The molecule has 35 heteroatoms. The Bertz CT molecular complexity index is 2210. The molecule has 0 radical (unpaired) electrons. The zero-order valence-electron chi connectivity index (χ0n) is 44.4. The first-order valence-electron chi connectivity index (χ1n) is 20.9. The van der Waals surface area contributed by atoms with Crippen molar-refractivity contribution in [3.63, 3.8) is 0 Å². The van der Waals surface area contributed by atoms with Crippen LogP contribution in [0.2, 0.25) is 30.1 Å². The Morgan fingerprint density at radius 2 is 0.747 bits per heavy atom. The molecule has 3 aromatic carbocycles. The number of nitrogens with zero attached hydrogens (tertiary/aromatic N) is 1. The first-order chi connectivity index (χ1) is 32.9. The van der Waals surface area contributed by atoms with Gasteiger partial charge in [0.2, 0.25) is 6.10 Å². The Balaban J connectivity index is -0.0000000904. The van der Waals surface area contributed by atoms with Crippen molar-refractivity contribution >= 4 is 122 Å². The van der Waals surface area contributed by atoms with E-state index in [0.717, 1.165) is 5.06 Å². The number of aliphatic hydroxyl groups is 4. The summed E-state index contributed by atoms with van der Waals surface area (Å²) >= 11 is 35.6. The molecule has 2 amide bonds. The van der Waals surface area contributed by atoms with E-state index in [0.29, 0.717) is 61.2 Å². The normalized spacial score (nSPS) is 12.3. The van der Waals surface area contributed by atoms with Gasteiger partial charge in [0, 0.05) is 34.0 Å². The zero-order chi connectivity index (χ0) is 57.8. The van der Waals surface area contributed by atoms with Gasteiger partial charge in [-0.05, 0) is 115 Å². The summed E-state index contributed by atoms with van der Waals surface area (Å²) < 4.78 is 0. The number of nitrogens with two attached hydrogens (primary N) is 5. The van der Waals surface area contributed by atoms with Crippen molar-refractivity contribution in [3.05, 3.63) is 83.2 Å². The number of nitrogen functional groups attached to an aromatic ring is 3. The number of carbonyl (C=O) groups excluding carboxylic acids is 2. The standard InChI is InChI=1S/C16H22Cl2N2O7.2C12H18Cl2N2O.2C2H3NO3.2H3N.4H2O.3H2/c1-16(2,3)20(27-13(15(25)26)12(22)14(23)24)6-10(21)7-4-8(17)11(19)9(18)5-7;2*1-12(2,3)16-6-10(17)7-4-8(13)11(15)9(14)5-7;2*3-1(4)2(5)6;;;;;;;;;/h4-5,10,12-13,21-22H,6,19H2,1-3H3,(H,23,24)(H,25,26);2*4-5,10,16-17H,6,15H2,1-3H3;2*(H2,3,4)(H,5,6);2*1H3;4*1H2;3*1H/t;10-;;;;;;;;;;;;/m.0............/s1. The highest BCUT2D eigenvalue weighted by atomic mass is 35.5. The average Bonchev–Trinajstić information content (AvgIpc) is 3.25. The minimum atomic E-state index is -2.30. The van der Waals surface area contributed by atoms with E-state index in [1.165, 1.54) is 12.1 Å². The molecule has 0 heterocycles. The maximum atomic E-state index is 11.3. The van der Waals surface area contributed by atoms with Crippen molar-refractivity contribution in [2.45, 2.75) is 109 Å². The maximum absolute atomic E-state index is 11.3. The number of rotatable bonds is 14. The molecule has 0 aliphatic carbocycles. The number of aliphatic hydroxyl groups excluding tert-OH is 4. The number of primary amides is 2. The number of carbonyl (C=O) groups is 6. The van der Waals surface area contributed by atoms with Crippen LogP contribution < -0.4 is 51.6 Å². The maximum Gasteiger partial charge on any atom is 0.394 e. The summed E-state index contributed by atoms with van der Waals surface area (Å²) in [5.41, 5.74) is 26.8. The molecule has 29 nitrogen and oxygen atoms in total. The van der Waals surface area contributed by atoms with E-state index >= 15 is 0 Å². The monoisotopic (exact) mass is 1270 g/mol. The molecule has 0 saturated heterocycles. The van der Waals surface area contributed by atoms with Gasteiger partial charge in [0.15, 0.2) is 6.10 Å². The van der Waals surface area contributed by atoms with Crippen LogP contribution in [0.3, 0.4) is 0 Å². The Morgan fingerprint density at radius 3 is 0.924 bits per heavy atom. The molecule has 0 spiro atoms. The van der Waals surface area contributed by atoms with E-state index in [1.807, 2.05) is 41.5 Å². The number of hydrogen-bond acceptors (Lipinski definition) is 19. The summed E-state index contributed by atoms with van der Waals surface area (Å²) in [4.78, 5) is 64.5. The molecule has 79 heavy (non-hydrogen) atoms. The zero-order valence-corrected chi connectivity index (χ0v) is 49.0. The summed E-state index contributed by atoms with van der Waals surface area (Å²) in [5.74, 6) is -9.28. The van der Waals surface area contributed by atoms with E-state index in [1.54, 1.807) is 45.0 Å². The summed E-state index contributed by atoms with van der Waals surface area (Å²) in [6, 6.07) is 9.34. The van der Waals surface area contributed by atoms with Gasteiger partial charge < -0.3 is 114 Å². The number of β-amino-alcohol motifs (C(OH)–C–C–N with tert-alkyl or cyclic N) is 3. The highest BCUT2D eigenvalue weighted by molar-refractivity contribution is 6.40. The third-order valence-corrected chi connectivity index (χ3v) is 10.5. The topological polar surface area (TPSA) is 627 Å². The summed E-state index contributed by atoms with van der Waals surface area (Å²) in [6.07, 6.45) is -6.93. The lowest BCUT2D eigenvalue weighted by Gasteiger charge is -2.37. The third kappa shape index (κ3) is 36.1. The Kier molecular flexibility index (Phi) is 46.2. The Hall–Kier alpha value is -4.94. The van der Waals surface area contributed by atoms with Crippen LogP contribution in [0.4, 0.5) is 17.1 Å². The van der Waals surface area contributed by atoms with E-state index in [9.17, 15) is 54.3 Å². The molecule has 0 aliphatic heterocycles. The first kappa shape index (κ1) is 90.6. The smallest absolute Gasteiger partial charge is 0.394 e. The summed E-state index contributed by atoms with van der Waals surface area (Å²) in [7, 11) is 0. The fourth-order valence-electron chi connectivity index (χ4n) is 4.67. The number of nitrogens with one attached hydrogen (secondary N) is 2. The second kappa shape index (κ2) is 40.3. The van der Waals surface area contributed by atoms with Gasteiger partial charge in [0.25, 0.3) is 0 Å². The van der Waals surface area contributed by atoms with Crippen LogP contribution in [-0.2, 0) is 33.6 Å². The van der Waals surface area contributed by atoms with Gasteiger partial charge in [0.1, 0.15) is 0 Å². The second-order valence-corrected chi connectivity index (χ2v) is 20.7. The quantitative estimate of drug-likeness (QED) is 0.0626. The van der Waals surface area contributed by atoms with Crippen LogP contribution >= 0.6 is 69.6 Å². The molecule has 34 N–H and O–H groups in total. The third-order valence-electron chi connectivity index (χ3n) is 8.64. The van der Waals surface area contributed by atoms with Crippen molar-refractivity contribution in [2.75, 3.05) is 36.8 Å². The van der Waals surface area contributed by atoms with Crippen LogP contribution in [0.1, 0.15) is 102 Å². The number of amides is 2. The van der Waals surface area contributed by atoms with Crippen molar-refractivity contribution in [2.24, 2.45) is 11.5 Å². The van der Waals surface area contributed by atoms with E-state index in [4.69, 9.17) is 107 Å². The molecular formula is C44H84Cl6N10O19. The molecule has 0 saturated carbocycles. The predicted octanol–water partition coefficient (Wildman–Crippen LogP) is 2.41. The van der Waals surface area contributed by atoms with Crippen LogP contribution in [-0.4, -0.2) is 152 Å². The van der Waals surface area contributed by atoms with E-state index in [2.05, 4.69) is 22.1 Å². The van der Waals surface area contributed by atoms with Gasteiger partial charge in [-0.3, -0.25) is 14.4 Å². The van der Waals surface area contributed by atoms with Crippen molar-refractivity contribution in [1.82, 2.24) is 28.0 Å². The Labute approximate surface area is 489 Å². The van der Waals surface area contributed by atoms with Crippen LogP contribution in [0, 0.1) is 0 Å².